The Morgan fingerprint density at radius 1 is 1.44 bits per heavy atom. The second-order valence-electron chi connectivity index (χ2n) is 3.59. The van der Waals surface area contributed by atoms with Crippen LogP contribution in [-0.4, -0.2) is 37.4 Å². The van der Waals surface area contributed by atoms with Crippen LogP contribution in [0.1, 0.15) is 11.8 Å². The second-order valence-corrected chi connectivity index (χ2v) is 3.59. The topological polar surface area (TPSA) is 88.9 Å². The molecule has 1 aromatic rings. The van der Waals surface area contributed by atoms with Gasteiger partial charge in [0, 0.05) is 19.2 Å². The van der Waals surface area contributed by atoms with Crippen molar-refractivity contribution < 1.29 is 19.1 Å². The third kappa shape index (κ3) is 2.17. The molecule has 6 heteroatoms. The van der Waals surface area contributed by atoms with Gasteiger partial charge in [-0.15, -0.1) is 0 Å². The van der Waals surface area contributed by atoms with Gasteiger partial charge in [0.25, 0.3) is 0 Å². The van der Waals surface area contributed by atoms with Gasteiger partial charge in [-0.1, -0.05) is 0 Å². The molecule has 3 N–H and O–H groups in total. The van der Waals surface area contributed by atoms with E-state index in [1.165, 1.54) is 0 Å². The Labute approximate surface area is 92.6 Å². The number of ether oxygens (including phenoxy) is 1. The molecule has 0 unspecified atom stereocenters. The van der Waals surface area contributed by atoms with Crippen molar-refractivity contribution in [2.45, 2.75) is 6.04 Å². The van der Waals surface area contributed by atoms with E-state index >= 15 is 0 Å². The summed E-state index contributed by atoms with van der Waals surface area (Å²) in [6, 6.07) is 2.24. The minimum atomic E-state index is -1.10. The van der Waals surface area contributed by atoms with Gasteiger partial charge in [0.1, 0.15) is 5.76 Å². The fourth-order valence-corrected chi connectivity index (χ4v) is 1.58. The smallest absolute Gasteiger partial charge is 0.328 e. The van der Waals surface area contributed by atoms with Crippen LogP contribution < -0.4 is 10.6 Å². The molecule has 0 saturated carbocycles. The summed E-state index contributed by atoms with van der Waals surface area (Å²) in [4.78, 5) is 12.7. The van der Waals surface area contributed by atoms with Crippen LogP contribution in [0.15, 0.2) is 16.5 Å². The summed E-state index contributed by atoms with van der Waals surface area (Å²) < 4.78 is 10.6. The highest BCUT2D eigenvalue weighted by Crippen LogP contribution is 2.22. The van der Waals surface area contributed by atoms with E-state index < -0.39 is 12.0 Å². The highest BCUT2D eigenvalue weighted by Gasteiger charge is 2.21. The fraction of sp³-hybridized carbons (Fsp3) is 0.500. The Hall–Kier alpha value is -1.53. The molecule has 2 rings (SSSR count). The molecule has 0 spiro atoms. The predicted molar refractivity (Wildman–Crippen MR) is 56.3 cm³/mol. The number of carboxylic acids is 1. The van der Waals surface area contributed by atoms with E-state index in [0.717, 1.165) is 13.1 Å². The molecule has 1 aliphatic heterocycles. The molecular formula is C10H14N2O4. The van der Waals surface area contributed by atoms with E-state index in [1.807, 2.05) is 4.90 Å². The SMILES string of the molecule is N[C@@H](C(=O)O)c1ccc(N2CCOCC2)o1. The summed E-state index contributed by atoms with van der Waals surface area (Å²) in [6.07, 6.45) is 0. The van der Waals surface area contributed by atoms with Gasteiger partial charge in [0.2, 0.25) is 0 Å². The third-order valence-corrected chi connectivity index (χ3v) is 2.51. The second kappa shape index (κ2) is 4.54. The third-order valence-electron chi connectivity index (χ3n) is 2.51. The average molecular weight is 226 g/mol. The van der Waals surface area contributed by atoms with Gasteiger partial charge in [-0.2, -0.15) is 0 Å². The van der Waals surface area contributed by atoms with Crippen LogP contribution in [0, 0.1) is 0 Å². The number of nitrogens with zero attached hydrogens (tertiary/aromatic N) is 1. The van der Waals surface area contributed by atoms with Crippen molar-refractivity contribution in [2.24, 2.45) is 5.73 Å². The molecule has 6 nitrogen and oxygen atoms in total. The normalized spacial score (nSPS) is 18.4. The number of anilines is 1. The molecule has 1 fully saturated rings. The molecule has 0 bridgehead atoms. The largest absolute Gasteiger partial charge is 0.480 e. The van der Waals surface area contributed by atoms with Gasteiger partial charge in [-0.3, -0.25) is 4.79 Å². The standard InChI is InChI=1S/C10H14N2O4/c11-9(10(13)14)7-1-2-8(16-7)12-3-5-15-6-4-12/h1-2,9H,3-6,11H2,(H,13,14)/t9-/m1/s1. The van der Waals surface area contributed by atoms with Crippen LogP contribution in [0.2, 0.25) is 0 Å². The molecule has 16 heavy (non-hydrogen) atoms. The van der Waals surface area contributed by atoms with Crippen molar-refractivity contribution in [3.8, 4) is 0 Å². The number of rotatable bonds is 3. The monoisotopic (exact) mass is 226 g/mol. The Balaban J connectivity index is 2.09. The molecular weight excluding hydrogens is 212 g/mol. The maximum Gasteiger partial charge on any atom is 0.328 e. The molecule has 1 atom stereocenters. The summed E-state index contributed by atoms with van der Waals surface area (Å²) in [5.41, 5.74) is 5.44. The number of carbonyl (C=O) groups is 1. The van der Waals surface area contributed by atoms with Gasteiger partial charge in [-0.25, -0.2) is 0 Å². The maximum absolute atomic E-state index is 10.7. The van der Waals surface area contributed by atoms with Gasteiger partial charge >= 0.3 is 5.97 Å². The number of morpholine rings is 1. The van der Waals surface area contributed by atoms with Gasteiger partial charge < -0.3 is 24.9 Å². The Morgan fingerprint density at radius 3 is 2.75 bits per heavy atom. The van der Waals surface area contributed by atoms with E-state index in [4.69, 9.17) is 20.0 Å². The van der Waals surface area contributed by atoms with E-state index in [2.05, 4.69) is 0 Å². The van der Waals surface area contributed by atoms with E-state index in [9.17, 15) is 4.79 Å². The zero-order valence-corrected chi connectivity index (χ0v) is 8.76. The van der Waals surface area contributed by atoms with Crippen LogP contribution in [0.5, 0.6) is 0 Å². The van der Waals surface area contributed by atoms with Crippen molar-refractivity contribution in [1.29, 1.82) is 0 Å². The van der Waals surface area contributed by atoms with E-state index in [-0.39, 0.29) is 5.76 Å². The lowest BCUT2D eigenvalue weighted by Gasteiger charge is -2.26. The van der Waals surface area contributed by atoms with Crippen LogP contribution in [0.25, 0.3) is 0 Å². The number of hydrogen-bond acceptors (Lipinski definition) is 5. The fourth-order valence-electron chi connectivity index (χ4n) is 1.58. The van der Waals surface area contributed by atoms with Crippen molar-refractivity contribution in [2.75, 3.05) is 31.2 Å². The van der Waals surface area contributed by atoms with Crippen molar-refractivity contribution in [1.82, 2.24) is 0 Å². The molecule has 1 aliphatic rings. The van der Waals surface area contributed by atoms with Crippen LogP contribution in [0.3, 0.4) is 0 Å². The zero-order valence-electron chi connectivity index (χ0n) is 8.76. The van der Waals surface area contributed by atoms with Gasteiger partial charge in [-0.05, 0) is 6.07 Å². The first-order chi connectivity index (χ1) is 7.68. The van der Waals surface area contributed by atoms with Crippen LogP contribution in [-0.2, 0) is 9.53 Å². The molecule has 0 aliphatic carbocycles. The van der Waals surface area contributed by atoms with Crippen LogP contribution >= 0.6 is 0 Å². The minimum absolute atomic E-state index is 0.272. The number of carboxylic acid groups (broad SMARTS) is 1. The molecule has 88 valence electrons. The number of aliphatic carboxylic acids is 1. The lowest BCUT2D eigenvalue weighted by molar-refractivity contribution is -0.139. The molecule has 0 radical (unpaired) electrons. The summed E-state index contributed by atoms with van der Waals surface area (Å²) >= 11 is 0. The molecule has 0 aromatic carbocycles. The first-order valence-electron chi connectivity index (χ1n) is 5.09. The molecule has 1 saturated heterocycles. The van der Waals surface area contributed by atoms with Crippen molar-refractivity contribution in [3.63, 3.8) is 0 Å². The summed E-state index contributed by atoms with van der Waals surface area (Å²) in [5, 5.41) is 8.74. The molecule has 1 aromatic heterocycles. The summed E-state index contributed by atoms with van der Waals surface area (Å²) in [5.74, 6) is -0.174. The predicted octanol–water partition coefficient (Wildman–Crippen LogP) is 0.201. The van der Waals surface area contributed by atoms with Crippen molar-refractivity contribution >= 4 is 11.9 Å². The zero-order chi connectivity index (χ0) is 11.5. The highest BCUT2D eigenvalue weighted by molar-refractivity contribution is 5.74. The average Bonchev–Trinajstić information content (AvgIpc) is 2.78. The number of furan rings is 1. The first-order valence-corrected chi connectivity index (χ1v) is 5.09. The Kier molecular flexibility index (Phi) is 3.12. The minimum Gasteiger partial charge on any atom is -0.480 e. The van der Waals surface area contributed by atoms with Crippen LogP contribution in [0.4, 0.5) is 5.88 Å². The molecule has 0 amide bonds. The van der Waals surface area contributed by atoms with Crippen molar-refractivity contribution in [3.05, 3.63) is 17.9 Å². The van der Waals surface area contributed by atoms with E-state index in [0.29, 0.717) is 19.1 Å². The Morgan fingerprint density at radius 2 is 2.12 bits per heavy atom. The molecule has 2 heterocycles. The van der Waals surface area contributed by atoms with Gasteiger partial charge in [0.15, 0.2) is 11.9 Å². The maximum atomic E-state index is 10.7. The number of hydrogen-bond donors (Lipinski definition) is 2. The highest BCUT2D eigenvalue weighted by atomic mass is 16.5. The van der Waals surface area contributed by atoms with E-state index in [1.54, 1.807) is 12.1 Å². The summed E-state index contributed by atoms with van der Waals surface area (Å²) in [6.45, 7) is 2.80. The first kappa shape index (κ1) is 11.0. The lowest BCUT2D eigenvalue weighted by Crippen LogP contribution is -2.35. The Bertz CT molecular complexity index is 371. The van der Waals surface area contributed by atoms with Gasteiger partial charge in [0.05, 0.1) is 13.2 Å². The quantitative estimate of drug-likeness (QED) is 0.765. The number of nitrogens with two attached hydrogens (primary N) is 1. The lowest BCUT2D eigenvalue weighted by atomic mass is 10.2. The summed E-state index contributed by atoms with van der Waals surface area (Å²) in [7, 11) is 0.